The number of benzene rings is 2. The number of carbonyl (C=O) groups is 1. The van der Waals surface area contributed by atoms with E-state index in [1.54, 1.807) is 31.4 Å². The third-order valence-corrected chi connectivity index (χ3v) is 3.38. The third-order valence-electron chi connectivity index (χ3n) is 3.38. The quantitative estimate of drug-likeness (QED) is 0.825. The number of likely N-dealkylation sites (N-methyl/N-ethyl adjacent to an activating group) is 1. The summed E-state index contributed by atoms with van der Waals surface area (Å²) in [6, 6.07) is 14.7. The average Bonchev–Trinajstić information content (AvgIpc) is 2.56. The lowest BCUT2D eigenvalue weighted by molar-refractivity contribution is 0.102. The molecule has 23 heavy (non-hydrogen) atoms. The van der Waals surface area contributed by atoms with Crippen LogP contribution >= 0.6 is 0 Å². The molecule has 0 radical (unpaired) electrons. The van der Waals surface area contributed by atoms with E-state index in [1.165, 1.54) is 0 Å². The van der Waals surface area contributed by atoms with Gasteiger partial charge >= 0.3 is 0 Å². The summed E-state index contributed by atoms with van der Waals surface area (Å²) in [4.78, 5) is 14.3. The number of nitrogens with zero attached hydrogens (tertiary/aromatic N) is 1. The van der Waals surface area contributed by atoms with Crippen LogP contribution in [0.3, 0.4) is 0 Å². The van der Waals surface area contributed by atoms with Crippen molar-refractivity contribution in [3.05, 3.63) is 54.1 Å². The average molecular weight is 313 g/mol. The maximum Gasteiger partial charge on any atom is 0.255 e. The van der Waals surface area contributed by atoms with Gasteiger partial charge in [-0.3, -0.25) is 4.79 Å². The molecule has 0 unspecified atom stereocenters. The molecule has 0 saturated heterocycles. The van der Waals surface area contributed by atoms with Gasteiger partial charge in [0.25, 0.3) is 5.91 Å². The van der Waals surface area contributed by atoms with E-state index >= 15 is 0 Å². The first-order chi connectivity index (χ1) is 11.1. The maximum absolute atomic E-state index is 12.2. The lowest BCUT2D eigenvalue weighted by atomic mass is 10.2. The van der Waals surface area contributed by atoms with Crippen molar-refractivity contribution in [1.82, 2.24) is 4.90 Å². The molecule has 2 rings (SSSR count). The van der Waals surface area contributed by atoms with Crippen LogP contribution in [-0.2, 0) is 0 Å². The number of ether oxygens (including phenoxy) is 1. The number of anilines is 2. The Labute approximate surface area is 137 Å². The van der Waals surface area contributed by atoms with Crippen LogP contribution in [0.1, 0.15) is 10.4 Å². The van der Waals surface area contributed by atoms with E-state index in [1.807, 2.05) is 38.4 Å². The van der Waals surface area contributed by atoms with Gasteiger partial charge in [-0.2, -0.15) is 0 Å². The number of methoxy groups -OCH3 is 1. The molecule has 5 nitrogen and oxygen atoms in total. The van der Waals surface area contributed by atoms with Crippen LogP contribution in [0.15, 0.2) is 48.5 Å². The van der Waals surface area contributed by atoms with Gasteiger partial charge in [0, 0.05) is 30.0 Å². The molecule has 0 fully saturated rings. The number of carbonyl (C=O) groups excluding carboxylic acids is 1. The van der Waals surface area contributed by atoms with Crippen LogP contribution in [0.25, 0.3) is 0 Å². The Bertz CT molecular complexity index is 622. The highest BCUT2D eigenvalue weighted by atomic mass is 16.5. The third kappa shape index (κ3) is 5.30. The highest BCUT2D eigenvalue weighted by molar-refractivity contribution is 6.04. The van der Waals surface area contributed by atoms with E-state index in [-0.39, 0.29) is 5.91 Å². The van der Waals surface area contributed by atoms with Crippen molar-refractivity contribution in [3.8, 4) is 5.75 Å². The summed E-state index contributed by atoms with van der Waals surface area (Å²) in [5, 5.41) is 6.21. The first-order valence-electron chi connectivity index (χ1n) is 7.52. The molecular weight excluding hydrogens is 290 g/mol. The first kappa shape index (κ1) is 16.8. The summed E-state index contributed by atoms with van der Waals surface area (Å²) in [6.45, 7) is 1.85. The Morgan fingerprint density at radius 1 is 1.00 bits per heavy atom. The zero-order chi connectivity index (χ0) is 16.7. The number of nitrogens with one attached hydrogen (secondary N) is 2. The van der Waals surface area contributed by atoms with Crippen LogP contribution < -0.4 is 15.4 Å². The monoisotopic (exact) mass is 313 g/mol. The van der Waals surface area contributed by atoms with Crippen molar-refractivity contribution >= 4 is 17.3 Å². The maximum atomic E-state index is 12.2. The van der Waals surface area contributed by atoms with Crippen LogP contribution in [0.5, 0.6) is 5.75 Å². The van der Waals surface area contributed by atoms with E-state index in [2.05, 4.69) is 15.5 Å². The van der Waals surface area contributed by atoms with E-state index < -0.39 is 0 Å². The number of hydrogen-bond donors (Lipinski definition) is 2. The Kier molecular flexibility index (Phi) is 6.00. The molecule has 0 aliphatic heterocycles. The Hall–Kier alpha value is -2.53. The Morgan fingerprint density at radius 2 is 1.61 bits per heavy atom. The summed E-state index contributed by atoms with van der Waals surface area (Å²) in [7, 11) is 5.68. The van der Waals surface area contributed by atoms with Gasteiger partial charge in [-0.1, -0.05) is 0 Å². The summed E-state index contributed by atoms with van der Waals surface area (Å²) >= 11 is 0. The van der Waals surface area contributed by atoms with Gasteiger partial charge in [-0.05, 0) is 62.6 Å². The molecule has 0 heterocycles. The summed E-state index contributed by atoms with van der Waals surface area (Å²) in [5.41, 5.74) is 2.40. The minimum absolute atomic E-state index is 0.138. The van der Waals surface area contributed by atoms with Gasteiger partial charge in [0.15, 0.2) is 0 Å². The summed E-state index contributed by atoms with van der Waals surface area (Å²) in [5.74, 6) is 0.593. The zero-order valence-corrected chi connectivity index (χ0v) is 13.8. The standard InChI is InChI=1S/C18H23N3O2/c1-21(2)13-12-19-15-6-8-16(9-7-15)20-18(22)14-4-10-17(23-3)11-5-14/h4-11,19H,12-13H2,1-3H3,(H,20,22). The molecule has 2 aromatic carbocycles. The highest BCUT2D eigenvalue weighted by Crippen LogP contribution is 2.16. The minimum atomic E-state index is -0.138. The number of hydrogen-bond acceptors (Lipinski definition) is 4. The molecule has 122 valence electrons. The van der Waals surface area contributed by atoms with Crippen LogP contribution in [0, 0.1) is 0 Å². The molecule has 5 heteroatoms. The van der Waals surface area contributed by atoms with E-state index in [0.29, 0.717) is 5.56 Å². The van der Waals surface area contributed by atoms with Gasteiger partial charge in [0.2, 0.25) is 0 Å². The van der Waals surface area contributed by atoms with E-state index in [0.717, 1.165) is 30.2 Å². The van der Waals surface area contributed by atoms with Gasteiger partial charge in [-0.15, -0.1) is 0 Å². The fourth-order valence-electron chi connectivity index (χ4n) is 2.04. The molecule has 0 spiro atoms. The van der Waals surface area contributed by atoms with Crippen molar-refractivity contribution in [1.29, 1.82) is 0 Å². The second-order valence-electron chi connectivity index (χ2n) is 5.49. The number of amides is 1. The summed E-state index contributed by atoms with van der Waals surface area (Å²) in [6.07, 6.45) is 0. The largest absolute Gasteiger partial charge is 0.497 e. The Balaban J connectivity index is 1.90. The van der Waals surface area contributed by atoms with Crippen LogP contribution in [-0.4, -0.2) is 45.1 Å². The van der Waals surface area contributed by atoms with Crippen molar-refractivity contribution < 1.29 is 9.53 Å². The lowest BCUT2D eigenvalue weighted by Crippen LogP contribution is -2.20. The molecule has 0 bridgehead atoms. The molecule has 0 aliphatic rings. The number of rotatable bonds is 7. The molecule has 0 aromatic heterocycles. The molecule has 1 amide bonds. The first-order valence-corrected chi connectivity index (χ1v) is 7.52. The zero-order valence-electron chi connectivity index (χ0n) is 13.8. The minimum Gasteiger partial charge on any atom is -0.497 e. The van der Waals surface area contributed by atoms with Crippen LogP contribution in [0.2, 0.25) is 0 Å². The second kappa shape index (κ2) is 8.19. The molecule has 0 atom stereocenters. The fourth-order valence-corrected chi connectivity index (χ4v) is 2.04. The SMILES string of the molecule is COc1ccc(C(=O)Nc2ccc(NCCN(C)C)cc2)cc1. The topological polar surface area (TPSA) is 53.6 Å². The van der Waals surface area contributed by atoms with Gasteiger partial charge in [-0.25, -0.2) is 0 Å². The predicted octanol–water partition coefficient (Wildman–Crippen LogP) is 2.92. The normalized spacial score (nSPS) is 10.4. The highest BCUT2D eigenvalue weighted by Gasteiger charge is 2.06. The predicted molar refractivity (Wildman–Crippen MR) is 94.4 cm³/mol. The lowest BCUT2D eigenvalue weighted by Gasteiger charge is -2.12. The summed E-state index contributed by atoms with van der Waals surface area (Å²) < 4.78 is 5.09. The van der Waals surface area contributed by atoms with E-state index in [4.69, 9.17) is 4.74 Å². The van der Waals surface area contributed by atoms with Gasteiger partial charge in [0.05, 0.1) is 7.11 Å². The van der Waals surface area contributed by atoms with Crippen molar-refractivity contribution in [2.75, 3.05) is 44.9 Å². The Morgan fingerprint density at radius 3 is 2.17 bits per heavy atom. The van der Waals surface area contributed by atoms with Crippen molar-refractivity contribution in [2.24, 2.45) is 0 Å². The van der Waals surface area contributed by atoms with Gasteiger partial charge in [0.1, 0.15) is 5.75 Å². The van der Waals surface area contributed by atoms with Crippen molar-refractivity contribution in [2.45, 2.75) is 0 Å². The molecule has 0 saturated carbocycles. The second-order valence-corrected chi connectivity index (χ2v) is 5.49. The molecule has 2 N–H and O–H groups in total. The van der Waals surface area contributed by atoms with E-state index in [9.17, 15) is 4.79 Å². The smallest absolute Gasteiger partial charge is 0.255 e. The molecular formula is C18H23N3O2. The molecule has 0 aliphatic carbocycles. The fraction of sp³-hybridized carbons (Fsp3) is 0.278. The van der Waals surface area contributed by atoms with Gasteiger partial charge < -0.3 is 20.3 Å². The molecule has 2 aromatic rings. The van der Waals surface area contributed by atoms with Crippen LogP contribution in [0.4, 0.5) is 11.4 Å². The van der Waals surface area contributed by atoms with Crippen molar-refractivity contribution in [3.63, 3.8) is 0 Å².